The zero-order chi connectivity index (χ0) is 20.9. The van der Waals surface area contributed by atoms with Crippen molar-refractivity contribution in [3.05, 3.63) is 59.7 Å². The van der Waals surface area contributed by atoms with E-state index < -0.39 is 6.09 Å². The van der Waals surface area contributed by atoms with Crippen LogP contribution < -0.4 is 5.32 Å². The molecule has 1 aliphatic carbocycles. The molecule has 2 aromatic carbocycles. The number of nitrogens with zero attached hydrogens (tertiary/aromatic N) is 2. The van der Waals surface area contributed by atoms with Crippen molar-refractivity contribution in [2.45, 2.75) is 6.42 Å². The second-order valence-electron chi connectivity index (χ2n) is 7.51. The van der Waals surface area contributed by atoms with Gasteiger partial charge < -0.3 is 14.4 Å². The van der Waals surface area contributed by atoms with Crippen LogP contribution in [0, 0.1) is 0 Å². The van der Waals surface area contributed by atoms with Gasteiger partial charge in [0.1, 0.15) is 6.61 Å². The Kier molecular flexibility index (Phi) is 6.11. The zero-order valence-electron chi connectivity index (χ0n) is 17.3. The summed E-state index contributed by atoms with van der Waals surface area (Å²) in [5, 5.41) is 10.4. The number of amides is 1. The number of ether oxygens (including phenoxy) is 2. The standard InChI is InChI=1S/C23H26N4O3/c1-27(2)11-12-29-13-14-30-23(28)24-18-9-7-16(8-10-18)21-20-15-17-5-3-4-6-19(17)22(20)26-25-21/h3-10H,11-15H2,1-2H3,(H,24,28)(H,25,26). The number of hydrogen-bond acceptors (Lipinski definition) is 5. The van der Waals surface area contributed by atoms with Crippen molar-refractivity contribution in [3.63, 3.8) is 0 Å². The molecule has 0 atom stereocenters. The number of carbonyl (C=O) groups is 1. The lowest BCUT2D eigenvalue weighted by molar-refractivity contribution is 0.0707. The van der Waals surface area contributed by atoms with Crippen LogP contribution in [0.4, 0.5) is 10.5 Å². The Morgan fingerprint density at radius 3 is 2.70 bits per heavy atom. The van der Waals surface area contributed by atoms with Crippen LogP contribution in [-0.2, 0) is 15.9 Å². The Bertz CT molecular complexity index is 1010. The summed E-state index contributed by atoms with van der Waals surface area (Å²) in [7, 11) is 3.97. The third kappa shape index (κ3) is 4.53. The van der Waals surface area contributed by atoms with Crippen molar-refractivity contribution in [1.29, 1.82) is 0 Å². The van der Waals surface area contributed by atoms with Crippen LogP contribution in [-0.4, -0.2) is 61.7 Å². The van der Waals surface area contributed by atoms with Crippen molar-refractivity contribution < 1.29 is 14.3 Å². The summed E-state index contributed by atoms with van der Waals surface area (Å²) < 4.78 is 10.6. The number of fused-ring (bicyclic) bond motifs is 3. The molecule has 0 unspecified atom stereocenters. The first kappa shape index (κ1) is 20.1. The number of H-pyrrole nitrogens is 1. The second kappa shape index (κ2) is 9.11. The molecule has 1 aliphatic rings. The largest absolute Gasteiger partial charge is 0.447 e. The minimum Gasteiger partial charge on any atom is -0.447 e. The molecule has 156 valence electrons. The van der Waals surface area contributed by atoms with E-state index in [1.165, 1.54) is 16.7 Å². The molecule has 0 saturated carbocycles. The number of nitrogens with one attached hydrogen (secondary N) is 2. The minimum atomic E-state index is -0.491. The molecule has 0 bridgehead atoms. The van der Waals surface area contributed by atoms with Gasteiger partial charge in [0.05, 0.1) is 24.6 Å². The molecule has 0 saturated heterocycles. The fourth-order valence-electron chi connectivity index (χ4n) is 3.52. The Balaban J connectivity index is 1.30. The molecule has 2 N–H and O–H groups in total. The predicted octanol–water partition coefficient (Wildman–Crippen LogP) is 3.77. The second-order valence-corrected chi connectivity index (χ2v) is 7.51. The van der Waals surface area contributed by atoms with E-state index in [-0.39, 0.29) is 6.61 Å². The highest BCUT2D eigenvalue weighted by Crippen LogP contribution is 2.39. The van der Waals surface area contributed by atoms with Crippen molar-refractivity contribution >= 4 is 11.8 Å². The molecule has 7 heteroatoms. The predicted molar refractivity (Wildman–Crippen MR) is 117 cm³/mol. The molecule has 1 amide bonds. The Morgan fingerprint density at radius 1 is 1.10 bits per heavy atom. The lowest BCUT2D eigenvalue weighted by atomic mass is 10.1. The number of aromatic amines is 1. The summed E-state index contributed by atoms with van der Waals surface area (Å²) in [5.74, 6) is 0. The minimum absolute atomic E-state index is 0.220. The van der Waals surface area contributed by atoms with Gasteiger partial charge in [-0.3, -0.25) is 10.4 Å². The summed E-state index contributed by atoms with van der Waals surface area (Å²) in [6, 6.07) is 16.0. The summed E-state index contributed by atoms with van der Waals surface area (Å²) in [6.45, 7) is 2.05. The average molecular weight is 406 g/mol. The lowest BCUT2D eigenvalue weighted by Crippen LogP contribution is -2.20. The molecule has 30 heavy (non-hydrogen) atoms. The normalized spacial score (nSPS) is 12.0. The van der Waals surface area contributed by atoms with Crippen LogP contribution in [0.25, 0.3) is 22.5 Å². The van der Waals surface area contributed by atoms with E-state index in [2.05, 4.69) is 33.7 Å². The van der Waals surface area contributed by atoms with Gasteiger partial charge in [-0.25, -0.2) is 4.79 Å². The fourth-order valence-corrected chi connectivity index (χ4v) is 3.52. The third-order valence-corrected chi connectivity index (χ3v) is 5.07. The molecule has 4 rings (SSSR count). The van der Waals surface area contributed by atoms with Gasteiger partial charge in [0.15, 0.2) is 0 Å². The average Bonchev–Trinajstić information content (AvgIpc) is 3.30. The lowest BCUT2D eigenvalue weighted by Gasteiger charge is -2.10. The van der Waals surface area contributed by atoms with Crippen LogP contribution >= 0.6 is 0 Å². The molecular formula is C23H26N4O3. The van der Waals surface area contributed by atoms with Gasteiger partial charge in [0.2, 0.25) is 0 Å². The third-order valence-electron chi connectivity index (χ3n) is 5.07. The SMILES string of the molecule is CN(C)CCOCCOC(=O)Nc1ccc(-c2n[nH]c3c2Cc2ccccc2-3)cc1. The maximum absolute atomic E-state index is 11.9. The van der Waals surface area contributed by atoms with E-state index in [1.54, 1.807) is 0 Å². The first-order valence-electron chi connectivity index (χ1n) is 10.0. The fraction of sp³-hybridized carbons (Fsp3) is 0.304. The van der Waals surface area contributed by atoms with Crippen LogP contribution in [0.3, 0.4) is 0 Å². The zero-order valence-corrected chi connectivity index (χ0v) is 17.3. The molecule has 0 aliphatic heterocycles. The van der Waals surface area contributed by atoms with Gasteiger partial charge in [-0.1, -0.05) is 36.4 Å². The quantitative estimate of drug-likeness (QED) is 0.436. The number of benzene rings is 2. The van der Waals surface area contributed by atoms with Gasteiger partial charge in [-0.05, 0) is 31.8 Å². The van der Waals surface area contributed by atoms with Gasteiger partial charge in [0, 0.05) is 35.3 Å². The number of hydrogen-bond donors (Lipinski definition) is 2. The van der Waals surface area contributed by atoms with Gasteiger partial charge in [-0.2, -0.15) is 5.10 Å². The number of rotatable bonds is 8. The maximum atomic E-state index is 11.9. The summed E-state index contributed by atoms with van der Waals surface area (Å²) >= 11 is 0. The van der Waals surface area contributed by atoms with E-state index in [0.717, 1.165) is 29.9 Å². The van der Waals surface area contributed by atoms with Crippen LogP contribution in [0.5, 0.6) is 0 Å². The molecule has 1 aromatic heterocycles. The number of anilines is 1. The Hall–Kier alpha value is -3.16. The monoisotopic (exact) mass is 406 g/mol. The topological polar surface area (TPSA) is 79.5 Å². The highest BCUT2D eigenvalue weighted by Gasteiger charge is 2.24. The van der Waals surface area contributed by atoms with Gasteiger partial charge in [0.25, 0.3) is 0 Å². The van der Waals surface area contributed by atoms with Crippen molar-refractivity contribution in [2.24, 2.45) is 0 Å². The Morgan fingerprint density at radius 2 is 1.90 bits per heavy atom. The smallest absolute Gasteiger partial charge is 0.411 e. The van der Waals surface area contributed by atoms with Gasteiger partial charge in [-0.15, -0.1) is 0 Å². The van der Waals surface area contributed by atoms with Crippen molar-refractivity contribution in [3.8, 4) is 22.5 Å². The molecular weight excluding hydrogens is 380 g/mol. The van der Waals surface area contributed by atoms with Crippen LogP contribution in [0.2, 0.25) is 0 Å². The first-order valence-corrected chi connectivity index (χ1v) is 10.0. The molecule has 0 fully saturated rings. The first-order chi connectivity index (χ1) is 14.6. The van der Waals surface area contributed by atoms with Gasteiger partial charge >= 0.3 is 6.09 Å². The van der Waals surface area contributed by atoms with E-state index in [9.17, 15) is 4.79 Å². The maximum Gasteiger partial charge on any atom is 0.411 e. The summed E-state index contributed by atoms with van der Waals surface area (Å²) in [4.78, 5) is 14.0. The highest BCUT2D eigenvalue weighted by molar-refractivity contribution is 5.86. The number of carbonyl (C=O) groups excluding carboxylic acids is 1. The van der Waals surface area contributed by atoms with E-state index >= 15 is 0 Å². The number of likely N-dealkylation sites (N-methyl/N-ethyl adjacent to an activating group) is 1. The number of aromatic nitrogens is 2. The highest BCUT2D eigenvalue weighted by atomic mass is 16.6. The van der Waals surface area contributed by atoms with E-state index in [1.807, 2.05) is 49.3 Å². The molecule has 0 radical (unpaired) electrons. The van der Waals surface area contributed by atoms with Crippen LogP contribution in [0.15, 0.2) is 48.5 Å². The molecule has 0 spiro atoms. The molecule has 3 aromatic rings. The van der Waals surface area contributed by atoms with E-state index in [4.69, 9.17) is 9.47 Å². The molecule has 1 heterocycles. The molecule has 7 nitrogen and oxygen atoms in total. The van der Waals surface area contributed by atoms with Crippen LogP contribution in [0.1, 0.15) is 11.1 Å². The van der Waals surface area contributed by atoms with E-state index in [0.29, 0.717) is 18.9 Å². The summed E-state index contributed by atoms with van der Waals surface area (Å²) in [6.07, 6.45) is 0.385. The Labute approximate surface area is 176 Å². The van der Waals surface area contributed by atoms with Crippen molar-refractivity contribution in [2.75, 3.05) is 45.8 Å². The van der Waals surface area contributed by atoms with Crippen molar-refractivity contribution in [1.82, 2.24) is 15.1 Å². The summed E-state index contributed by atoms with van der Waals surface area (Å²) in [5.41, 5.74) is 7.48.